The fourth-order valence-corrected chi connectivity index (χ4v) is 5.35. The number of aromatic carboxylic acids is 1. The van der Waals surface area contributed by atoms with Crippen molar-refractivity contribution >= 4 is 13.1 Å². The standard InChI is InChI=1S/C27H46BN6.C8H8O2.Co/c1-16(2)22-13-25(19(7)8)32(29-22)28(33-26(20(9)10)14-23(30-33)17(3)4)34-27(21(11)12)15-24(31-34)18(5)6;1-6-2-4-7(5-3-6)8(9)10;/h13-21,28H,1-12H3;2-5H,1H3,(H,9,10);/q-1;;+2/p-1. The van der Waals surface area contributed by atoms with Crippen molar-refractivity contribution in [3.05, 3.63) is 87.8 Å². The molecule has 0 aliphatic heterocycles. The molecule has 0 saturated heterocycles. The van der Waals surface area contributed by atoms with E-state index in [0.717, 1.165) is 22.6 Å². The van der Waals surface area contributed by atoms with Gasteiger partial charge in [0.2, 0.25) is 0 Å². The third kappa shape index (κ3) is 9.00. The van der Waals surface area contributed by atoms with Gasteiger partial charge in [-0.05, 0) is 66.2 Å². The van der Waals surface area contributed by atoms with Gasteiger partial charge >= 0.3 is 23.9 Å². The molecule has 4 rings (SSSR count). The normalized spacial score (nSPS) is 11.7. The summed E-state index contributed by atoms with van der Waals surface area (Å²) in [5, 5.41) is 25.9. The Morgan fingerprint density at radius 1 is 0.578 bits per heavy atom. The van der Waals surface area contributed by atoms with Gasteiger partial charge in [-0.15, -0.1) is 0 Å². The molecular formula is C35H53BCoN6O2. The molecule has 0 bridgehead atoms. The number of carboxylic acids is 1. The van der Waals surface area contributed by atoms with E-state index in [1.165, 1.54) is 29.2 Å². The van der Waals surface area contributed by atoms with Crippen molar-refractivity contribution in [2.45, 2.75) is 126 Å². The summed E-state index contributed by atoms with van der Waals surface area (Å²) in [5.41, 5.74) is 8.40. The summed E-state index contributed by atoms with van der Waals surface area (Å²) >= 11 is 0. The molecule has 3 aromatic heterocycles. The first kappa shape index (κ1) is 38.1. The summed E-state index contributed by atoms with van der Waals surface area (Å²) in [7, 11) is -1.46. The largest absolute Gasteiger partial charge is 2.00 e. The van der Waals surface area contributed by atoms with Gasteiger partial charge in [-0.2, -0.15) is 0 Å². The summed E-state index contributed by atoms with van der Waals surface area (Å²) in [6.07, 6.45) is 0. The molecule has 0 amide bonds. The maximum Gasteiger partial charge on any atom is 2.00 e. The van der Waals surface area contributed by atoms with Crippen molar-refractivity contribution < 1.29 is 26.7 Å². The van der Waals surface area contributed by atoms with Crippen molar-refractivity contribution in [3.63, 3.8) is 0 Å². The van der Waals surface area contributed by atoms with Crippen molar-refractivity contribution in [3.8, 4) is 0 Å². The van der Waals surface area contributed by atoms with Crippen LogP contribution in [0.1, 0.15) is 169 Å². The van der Waals surface area contributed by atoms with Crippen molar-refractivity contribution in [2.24, 2.45) is 0 Å². The minimum atomic E-state index is -1.46. The van der Waals surface area contributed by atoms with E-state index in [4.69, 9.17) is 15.3 Å². The summed E-state index contributed by atoms with van der Waals surface area (Å²) < 4.78 is 6.81. The van der Waals surface area contributed by atoms with Crippen LogP contribution in [0.3, 0.4) is 0 Å². The molecule has 0 atom stereocenters. The summed E-state index contributed by atoms with van der Waals surface area (Å²) in [4.78, 5) is 10.2. The van der Waals surface area contributed by atoms with Crippen LogP contribution in [0, 0.1) is 6.92 Å². The molecule has 1 radical (unpaired) electrons. The predicted molar refractivity (Wildman–Crippen MR) is 180 cm³/mol. The van der Waals surface area contributed by atoms with E-state index in [9.17, 15) is 9.90 Å². The quantitative estimate of drug-likeness (QED) is 0.171. The molecule has 0 fully saturated rings. The van der Waals surface area contributed by atoms with Gasteiger partial charge in [0, 0.05) is 17.1 Å². The molecule has 0 N–H and O–H groups in total. The SMILES string of the molecule is CC(C)c1cc(C(C)C)n([BH-](n2nc(C(C)C)cc2C(C)C)n2nc(C(C)C)cc2C(C)C)n1.Cc1ccc(C(=O)[O-])cc1.[Co+2]. The minimum Gasteiger partial charge on any atom is -0.545 e. The first-order chi connectivity index (χ1) is 20.5. The van der Waals surface area contributed by atoms with Gasteiger partial charge in [0.15, 0.2) is 0 Å². The number of carbonyl (C=O) groups is 1. The summed E-state index contributed by atoms with van der Waals surface area (Å²) in [6, 6.07) is 13.4. The van der Waals surface area contributed by atoms with Crippen LogP contribution in [0.5, 0.6) is 0 Å². The molecule has 0 aliphatic carbocycles. The van der Waals surface area contributed by atoms with Crippen LogP contribution in [-0.2, 0) is 16.8 Å². The van der Waals surface area contributed by atoms with E-state index in [2.05, 4.69) is 115 Å². The van der Waals surface area contributed by atoms with Crippen molar-refractivity contribution in [1.29, 1.82) is 0 Å². The molecule has 4 aromatic rings. The Morgan fingerprint density at radius 3 is 1.09 bits per heavy atom. The Morgan fingerprint density at radius 2 is 0.867 bits per heavy atom. The molecule has 45 heavy (non-hydrogen) atoms. The van der Waals surface area contributed by atoms with Gasteiger partial charge in [-0.1, -0.05) is 113 Å². The molecule has 3 heterocycles. The third-order valence-electron chi connectivity index (χ3n) is 8.13. The Balaban J connectivity index is 0.000000546. The fraction of sp³-hybridized carbons (Fsp3) is 0.543. The van der Waals surface area contributed by atoms with Gasteiger partial charge in [0.05, 0.1) is 23.1 Å². The molecule has 0 unspecified atom stereocenters. The predicted octanol–water partition coefficient (Wildman–Crippen LogP) is 7.03. The first-order valence-corrected chi connectivity index (χ1v) is 16.3. The Labute approximate surface area is 281 Å². The van der Waals surface area contributed by atoms with Crippen molar-refractivity contribution in [1.82, 2.24) is 29.1 Å². The molecule has 0 spiro atoms. The molecule has 1 aromatic carbocycles. The Hall–Kier alpha value is -3.11. The monoisotopic (exact) mass is 659 g/mol. The van der Waals surface area contributed by atoms with Crippen LogP contribution in [0.4, 0.5) is 0 Å². The molecular weight excluding hydrogens is 606 g/mol. The fourth-order valence-electron chi connectivity index (χ4n) is 5.35. The first-order valence-electron chi connectivity index (χ1n) is 16.3. The summed E-state index contributed by atoms with van der Waals surface area (Å²) in [6.45, 7) is 28.7. The van der Waals surface area contributed by atoms with Crippen LogP contribution in [0.25, 0.3) is 0 Å². The van der Waals surface area contributed by atoms with Crippen molar-refractivity contribution in [2.75, 3.05) is 0 Å². The maximum atomic E-state index is 10.2. The molecule has 0 aliphatic rings. The average Bonchev–Trinajstić information content (AvgIpc) is 3.67. The van der Waals surface area contributed by atoms with E-state index < -0.39 is 13.1 Å². The van der Waals surface area contributed by atoms with E-state index in [1.807, 2.05) is 6.92 Å². The number of rotatable bonds is 10. The topological polar surface area (TPSA) is 93.6 Å². The van der Waals surface area contributed by atoms with E-state index in [-0.39, 0.29) is 22.3 Å². The van der Waals surface area contributed by atoms with Gasteiger partial charge in [0.1, 0.15) is 0 Å². The Kier molecular flexibility index (Phi) is 13.5. The zero-order valence-corrected chi connectivity index (χ0v) is 30.6. The van der Waals surface area contributed by atoms with Crippen LogP contribution in [0.15, 0.2) is 42.5 Å². The number of aryl methyl sites for hydroxylation is 1. The second kappa shape index (κ2) is 15.9. The van der Waals surface area contributed by atoms with Gasteiger partial charge < -0.3 is 23.7 Å². The zero-order valence-electron chi connectivity index (χ0n) is 29.5. The van der Waals surface area contributed by atoms with E-state index in [0.29, 0.717) is 35.5 Å². The number of hydrogen-bond acceptors (Lipinski definition) is 5. The van der Waals surface area contributed by atoms with Crippen LogP contribution in [0.2, 0.25) is 0 Å². The molecule has 8 nitrogen and oxygen atoms in total. The smallest absolute Gasteiger partial charge is 0.545 e. The third-order valence-corrected chi connectivity index (χ3v) is 8.13. The second-order valence-corrected chi connectivity index (χ2v) is 14.0. The van der Waals surface area contributed by atoms with Gasteiger partial charge in [0.25, 0.3) is 0 Å². The number of aromatic nitrogens is 6. The number of hydrogen-bond donors (Lipinski definition) is 0. The van der Waals surface area contributed by atoms with Gasteiger partial charge in [-0.3, -0.25) is 0 Å². The molecule has 247 valence electrons. The van der Waals surface area contributed by atoms with Gasteiger partial charge in [-0.25, -0.2) is 15.3 Å². The summed E-state index contributed by atoms with van der Waals surface area (Å²) in [5.74, 6) is 1.00. The van der Waals surface area contributed by atoms with Crippen LogP contribution >= 0.6 is 0 Å². The minimum absolute atomic E-state index is 0. The second-order valence-electron chi connectivity index (χ2n) is 14.0. The zero-order chi connectivity index (χ0) is 33.0. The number of carbonyl (C=O) groups excluding carboxylic acids is 1. The number of carboxylic acid groups (broad SMARTS) is 1. The van der Waals surface area contributed by atoms with Crippen LogP contribution in [-0.4, -0.2) is 42.2 Å². The maximum absolute atomic E-state index is 10.2. The van der Waals surface area contributed by atoms with Crippen LogP contribution < -0.4 is 5.11 Å². The number of nitrogens with zero attached hydrogens (tertiary/aromatic N) is 6. The molecule has 10 heteroatoms. The molecule has 0 saturated carbocycles. The van der Waals surface area contributed by atoms with E-state index in [1.54, 1.807) is 12.1 Å². The number of benzene rings is 1. The van der Waals surface area contributed by atoms with E-state index >= 15 is 0 Å². The Bertz CT molecular complexity index is 1390. The average molecular weight is 660 g/mol.